The number of rotatable bonds is 4. The lowest BCUT2D eigenvalue weighted by atomic mass is 10.2. The number of carbonyl (C=O) groups is 2. The molecule has 0 bridgehead atoms. The SMILES string of the molecule is O=C(Nc1ccc(Cl)c(Cl)c1)NN1C(=O)/C(=C/c2cc([N+](=O)[O-])ccc2Cl)SC1=S. The van der Waals surface area contributed by atoms with Crippen LogP contribution in [0.5, 0.6) is 0 Å². The smallest absolute Gasteiger partial charge is 0.307 e. The van der Waals surface area contributed by atoms with Gasteiger partial charge < -0.3 is 5.32 Å². The quantitative estimate of drug-likeness (QED) is 0.247. The molecule has 1 heterocycles. The molecule has 154 valence electrons. The second-order valence-electron chi connectivity index (χ2n) is 5.67. The number of hydrogen-bond donors (Lipinski definition) is 2. The molecule has 30 heavy (non-hydrogen) atoms. The Balaban J connectivity index is 1.75. The van der Waals surface area contributed by atoms with Gasteiger partial charge in [-0.2, -0.15) is 5.01 Å². The number of halogens is 3. The number of hydrazine groups is 1. The summed E-state index contributed by atoms with van der Waals surface area (Å²) < 4.78 is 0.0668. The van der Waals surface area contributed by atoms with Crippen molar-refractivity contribution in [1.82, 2.24) is 10.4 Å². The van der Waals surface area contributed by atoms with Gasteiger partial charge in [-0.05, 0) is 42.6 Å². The van der Waals surface area contributed by atoms with E-state index in [0.717, 1.165) is 16.8 Å². The molecular formula is C17H9Cl3N4O4S2. The number of nitro benzene ring substituents is 1. The van der Waals surface area contributed by atoms with Gasteiger partial charge in [0.15, 0.2) is 4.32 Å². The van der Waals surface area contributed by atoms with E-state index in [-0.39, 0.29) is 30.5 Å². The number of urea groups is 1. The standard InChI is InChI=1S/C17H9Cl3N4O4S2/c18-11-4-2-10(24(27)28)5-8(11)6-14-15(25)23(17(29)30-14)22-16(26)21-9-1-3-12(19)13(20)7-9/h1-7H,(H2,21,22,26)/b14-6-. The van der Waals surface area contributed by atoms with Gasteiger partial charge in [-0.1, -0.05) is 46.6 Å². The summed E-state index contributed by atoms with van der Waals surface area (Å²) in [7, 11) is 0. The van der Waals surface area contributed by atoms with Gasteiger partial charge in [0.2, 0.25) is 0 Å². The van der Waals surface area contributed by atoms with Crippen molar-refractivity contribution in [2.24, 2.45) is 0 Å². The number of amides is 3. The van der Waals surface area contributed by atoms with Crippen LogP contribution in [0.2, 0.25) is 15.1 Å². The van der Waals surface area contributed by atoms with Crippen LogP contribution < -0.4 is 10.7 Å². The molecular weight excluding hydrogens is 495 g/mol. The zero-order chi connectivity index (χ0) is 22.0. The molecule has 1 fully saturated rings. The molecule has 2 N–H and O–H groups in total. The maximum atomic E-state index is 12.6. The number of anilines is 1. The van der Waals surface area contributed by atoms with Gasteiger partial charge in [0, 0.05) is 28.4 Å². The van der Waals surface area contributed by atoms with Crippen molar-refractivity contribution in [3.05, 3.63) is 72.0 Å². The van der Waals surface area contributed by atoms with E-state index in [1.807, 2.05) is 0 Å². The first-order chi connectivity index (χ1) is 14.2. The Morgan fingerprint density at radius 1 is 1.13 bits per heavy atom. The Kier molecular flexibility index (Phi) is 6.84. The summed E-state index contributed by atoms with van der Waals surface area (Å²) in [5.41, 5.74) is 2.78. The van der Waals surface area contributed by atoms with E-state index in [9.17, 15) is 19.7 Å². The van der Waals surface area contributed by atoms with Gasteiger partial charge >= 0.3 is 6.03 Å². The lowest BCUT2D eigenvalue weighted by Crippen LogP contribution is -2.46. The number of non-ortho nitro benzene ring substituents is 1. The van der Waals surface area contributed by atoms with E-state index >= 15 is 0 Å². The molecule has 3 amide bonds. The molecule has 13 heteroatoms. The Labute approximate surface area is 194 Å². The maximum absolute atomic E-state index is 12.6. The number of nitro groups is 1. The largest absolute Gasteiger partial charge is 0.338 e. The van der Waals surface area contributed by atoms with Crippen LogP contribution in [-0.4, -0.2) is 26.2 Å². The molecule has 0 atom stereocenters. The first-order valence-electron chi connectivity index (χ1n) is 7.90. The van der Waals surface area contributed by atoms with Gasteiger partial charge in [-0.3, -0.25) is 14.9 Å². The Morgan fingerprint density at radius 2 is 1.83 bits per heavy atom. The number of hydrogen-bond acceptors (Lipinski definition) is 6. The summed E-state index contributed by atoms with van der Waals surface area (Å²) in [6.07, 6.45) is 1.37. The van der Waals surface area contributed by atoms with Crippen LogP contribution in [0.3, 0.4) is 0 Å². The highest BCUT2D eigenvalue weighted by Crippen LogP contribution is 2.34. The second kappa shape index (κ2) is 9.19. The molecule has 1 aliphatic heterocycles. The van der Waals surface area contributed by atoms with Crippen molar-refractivity contribution >= 4 is 92.5 Å². The molecule has 3 rings (SSSR count). The van der Waals surface area contributed by atoms with E-state index in [2.05, 4.69) is 10.7 Å². The van der Waals surface area contributed by atoms with E-state index < -0.39 is 16.9 Å². The van der Waals surface area contributed by atoms with Gasteiger partial charge in [0.1, 0.15) is 0 Å². The summed E-state index contributed by atoms with van der Waals surface area (Å²) in [6, 6.07) is 7.58. The molecule has 0 saturated carbocycles. The molecule has 0 unspecified atom stereocenters. The summed E-state index contributed by atoms with van der Waals surface area (Å²) in [4.78, 5) is 35.4. The van der Waals surface area contributed by atoms with Crippen molar-refractivity contribution in [1.29, 1.82) is 0 Å². The molecule has 0 radical (unpaired) electrons. The fourth-order valence-corrected chi connectivity index (χ4v) is 3.94. The number of thiocarbonyl (C=S) groups is 1. The Bertz CT molecular complexity index is 1130. The van der Waals surface area contributed by atoms with Gasteiger partial charge in [-0.15, -0.1) is 0 Å². The van der Waals surface area contributed by atoms with Crippen LogP contribution >= 0.6 is 58.8 Å². The van der Waals surface area contributed by atoms with Crippen molar-refractivity contribution < 1.29 is 14.5 Å². The fraction of sp³-hybridized carbons (Fsp3) is 0. The van der Waals surface area contributed by atoms with E-state index in [1.165, 1.54) is 42.5 Å². The van der Waals surface area contributed by atoms with Crippen LogP contribution in [0.1, 0.15) is 5.56 Å². The van der Waals surface area contributed by atoms with Crippen LogP contribution in [-0.2, 0) is 4.79 Å². The Hall–Kier alpha value is -2.37. The fourth-order valence-electron chi connectivity index (χ4n) is 2.30. The summed E-state index contributed by atoms with van der Waals surface area (Å²) in [5, 5.41) is 15.1. The van der Waals surface area contributed by atoms with E-state index in [4.69, 9.17) is 47.0 Å². The molecule has 1 saturated heterocycles. The number of nitrogens with one attached hydrogen (secondary N) is 2. The van der Waals surface area contributed by atoms with E-state index in [0.29, 0.717) is 10.7 Å². The monoisotopic (exact) mass is 502 g/mol. The predicted octanol–water partition coefficient (Wildman–Crippen LogP) is 5.49. The summed E-state index contributed by atoms with van der Waals surface area (Å²) in [5.74, 6) is -0.614. The highest BCUT2D eigenvalue weighted by molar-refractivity contribution is 8.26. The normalized spacial score (nSPS) is 14.9. The molecule has 0 aliphatic carbocycles. The molecule has 0 aromatic heterocycles. The lowest BCUT2D eigenvalue weighted by molar-refractivity contribution is -0.384. The number of nitrogens with zero attached hydrogens (tertiary/aromatic N) is 2. The average molecular weight is 504 g/mol. The molecule has 0 spiro atoms. The topological polar surface area (TPSA) is 105 Å². The van der Waals surface area contributed by atoms with Crippen LogP contribution in [0.4, 0.5) is 16.2 Å². The highest BCUT2D eigenvalue weighted by Gasteiger charge is 2.34. The third-order valence-corrected chi connectivity index (χ3v) is 6.05. The maximum Gasteiger partial charge on any atom is 0.338 e. The molecule has 1 aliphatic rings. The summed E-state index contributed by atoms with van der Waals surface area (Å²) >= 11 is 23.8. The second-order valence-corrected chi connectivity index (χ2v) is 8.57. The first kappa shape index (κ1) is 22.3. The number of thioether (sulfide) groups is 1. The lowest BCUT2D eigenvalue weighted by Gasteiger charge is -2.16. The van der Waals surface area contributed by atoms with Crippen molar-refractivity contribution in [3.63, 3.8) is 0 Å². The minimum absolute atomic E-state index is 0.0668. The van der Waals surface area contributed by atoms with Crippen LogP contribution in [0.25, 0.3) is 6.08 Å². The minimum atomic E-state index is -0.737. The van der Waals surface area contributed by atoms with Crippen molar-refractivity contribution in [2.75, 3.05) is 5.32 Å². The zero-order valence-electron chi connectivity index (χ0n) is 14.5. The van der Waals surface area contributed by atoms with Gasteiger partial charge in [0.05, 0.1) is 19.9 Å². The molecule has 2 aromatic rings. The Morgan fingerprint density at radius 3 is 2.50 bits per heavy atom. The number of carbonyl (C=O) groups excluding carboxylic acids is 2. The summed E-state index contributed by atoms with van der Waals surface area (Å²) in [6.45, 7) is 0. The van der Waals surface area contributed by atoms with Crippen LogP contribution in [0, 0.1) is 10.1 Å². The molecule has 8 nitrogen and oxygen atoms in total. The minimum Gasteiger partial charge on any atom is -0.307 e. The van der Waals surface area contributed by atoms with Crippen LogP contribution in [0.15, 0.2) is 41.3 Å². The number of benzene rings is 2. The third kappa shape index (κ3) is 5.02. The van der Waals surface area contributed by atoms with Crippen molar-refractivity contribution in [3.8, 4) is 0 Å². The zero-order valence-corrected chi connectivity index (χ0v) is 18.4. The molecule has 2 aromatic carbocycles. The van der Waals surface area contributed by atoms with Gasteiger partial charge in [-0.25, -0.2) is 10.2 Å². The highest BCUT2D eigenvalue weighted by atomic mass is 35.5. The third-order valence-electron chi connectivity index (χ3n) is 3.66. The average Bonchev–Trinajstić information content (AvgIpc) is 2.93. The predicted molar refractivity (Wildman–Crippen MR) is 122 cm³/mol. The first-order valence-corrected chi connectivity index (χ1v) is 10.3. The van der Waals surface area contributed by atoms with Gasteiger partial charge in [0.25, 0.3) is 11.6 Å². The van der Waals surface area contributed by atoms with Crippen molar-refractivity contribution in [2.45, 2.75) is 0 Å². The van der Waals surface area contributed by atoms with E-state index in [1.54, 1.807) is 0 Å².